The summed E-state index contributed by atoms with van der Waals surface area (Å²) in [5, 5.41) is 16.4. The smallest absolute Gasteiger partial charge is 0.326 e. The van der Waals surface area contributed by atoms with Crippen LogP contribution in [0.1, 0.15) is 30.6 Å². The summed E-state index contributed by atoms with van der Waals surface area (Å²) >= 11 is 0. The van der Waals surface area contributed by atoms with E-state index in [4.69, 9.17) is 0 Å². The first-order chi connectivity index (χ1) is 11.9. The zero-order valence-corrected chi connectivity index (χ0v) is 13.8. The lowest BCUT2D eigenvalue weighted by molar-refractivity contribution is -0.139. The third kappa shape index (κ3) is 3.10. The van der Waals surface area contributed by atoms with E-state index in [1.54, 1.807) is 24.3 Å². The second-order valence-electron chi connectivity index (χ2n) is 6.28. The molecular formula is C17H18N4O4. The molecule has 0 aliphatic heterocycles. The van der Waals surface area contributed by atoms with Crippen molar-refractivity contribution in [1.29, 1.82) is 0 Å². The topological polar surface area (TPSA) is 117 Å². The number of carbonyl (C=O) groups excluding carboxylic acids is 1. The van der Waals surface area contributed by atoms with Crippen LogP contribution in [0.4, 0.5) is 0 Å². The number of carbonyl (C=O) groups is 2. The molecule has 0 fully saturated rings. The van der Waals surface area contributed by atoms with Gasteiger partial charge in [0.15, 0.2) is 0 Å². The lowest BCUT2D eigenvalue weighted by Gasteiger charge is -2.16. The zero-order chi connectivity index (χ0) is 18.1. The van der Waals surface area contributed by atoms with Gasteiger partial charge in [0.25, 0.3) is 11.5 Å². The number of aromatic amines is 1. The maximum atomic E-state index is 12.5. The van der Waals surface area contributed by atoms with Crippen LogP contribution in [0.15, 0.2) is 35.3 Å². The Morgan fingerprint density at radius 1 is 1.32 bits per heavy atom. The average Bonchev–Trinajstić information content (AvgIpc) is 2.98. The van der Waals surface area contributed by atoms with Crippen LogP contribution >= 0.6 is 0 Å². The molecule has 0 saturated heterocycles. The van der Waals surface area contributed by atoms with Gasteiger partial charge in [-0.3, -0.25) is 9.59 Å². The fourth-order valence-corrected chi connectivity index (χ4v) is 2.77. The Morgan fingerprint density at radius 3 is 2.72 bits per heavy atom. The highest BCUT2D eigenvalue weighted by atomic mass is 16.4. The van der Waals surface area contributed by atoms with Crippen LogP contribution in [0.2, 0.25) is 0 Å². The Labute approximate surface area is 142 Å². The van der Waals surface area contributed by atoms with Gasteiger partial charge in [-0.15, -0.1) is 0 Å². The Bertz CT molecular complexity index is 1020. The molecule has 130 valence electrons. The first-order valence-electron chi connectivity index (χ1n) is 7.91. The number of carboxylic acid groups (broad SMARTS) is 1. The van der Waals surface area contributed by atoms with Crippen molar-refractivity contribution in [1.82, 2.24) is 19.9 Å². The lowest BCUT2D eigenvalue weighted by atomic mass is 10.0. The van der Waals surface area contributed by atoms with E-state index in [-0.39, 0.29) is 22.7 Å². The van der Waals surface area contributed by atoms with Gasteiger partial charge in [0.2, 0.25) is 0 Å². The number of para-hydroxylation sites is 1. The summed E-state index contributed by atoms with van der Waals surface area (Å²) in [5.41, 5.74) is 0.583. The van der Waals surface area contributed by atoms with Crippen molar-refractivity contribution in [3.05, 3.63) is 46.4 Å². The molecule has 0 radical (unpaired) electrons. The molecule has 8 nitrogen and oxygen atoms in total. The van der Waals surface area contributed by atoms with Gasteiger partial charge >= 0.3 is 5.97 Å². The molecule has 8 heteroatoms. The van der Waals surface area contributed by atoms with Crippen LogP contribution in [0, 0.1) is 5.92 Å². The number of amides is 1. The quantitative estimate of drug-likeness (QED) is 0.648. The van der Waals surface area contributed by atoms with E-state index in [2.05, 4.69) is 15.4 Å². The molecule has 2 heterocycles. The lowest BCUT2D eigenvalue weighted by Crippen LogP contribution is -2.41. The van der Waals surface area contributed by atoms with E-state index >= 15 is 0 Å². The number of rotatable bonds is 5. The summed E-state index contributed by atoms with van der Waals surface area (Å²) in [6, 6.07) is 5.90. The number of hydrogen-bond acceptors (Lipinski definition) is 4. The number of aromatic nitrogens is 3. The molecule has 0 bridgehead atoms. The third-order valence-corrected chi connectivity index (χ3v) is 3.93. The minimum Gasteiger partial charge on any atom is -0.480 e. The van der Waals surface area contributed by atoms with Crippen molar-refractivity contribution in [2.24, 2.45) is 5.92 Å². The second kappa shape index (κ2) is 6.39. The number of nitrogens with one attached hydrogen (secondary N) is 2. The Balaban J connectivity index is 2.03. The predicted molar refractivity (Wildman–Crippen MR) is 91.7 cm³/mol. The number of H-pyrrole nitrogens is 1. The molecule has 3 N–H and O–H groups in total. The fourth-order valence-electron chi connectivity index (χ4n) is 2.77. The number of aliphatic carboxylic acids is 1. The van der Waals surface area contributed by atoms with Crippen LogP contribution in [-0.4, -0.2) is 37.6 Å². The van der Waals surface area contributed by atoms with E-state index in [9.17, 15) is 19.5 Å². The molecular weight excluding hydrogens is 324 g/mol. The Hall–Kier alpha value is -3.16. The molecule has 3 aromatic rings. The summed E-state index contributed by atoms with van der Waals surface area (Å²) in [4.78, 5) is 38.7. The maximum absolute atomic E-state index is 12.5. The van der Waals surface area contributed by atoms with Crippen LogP contribution in [0.3, 0.4) is 0 Å². The molecule has 25 heavy (non-hydrogen) atoms. The maximum Gasteiger partial charge on any atom is 0.326 e. The van der Waals surface area contributed by atoms with Gasteiger partial charge in [0.1, 0.15) is 17.3 Å². The van der Waals surface area contributed by atoms with Gasteiger partial charge in [-0.1, -0.05) is 26.0 Å². The number of carboxylic acids is 1. The largest absolute Gasteiger partial charge is 0.480 e. The van der Waals surface area contributed by atoms with Gasteiger partial charge in [-0.2, -0.15) is 5.10 Å². The number of nitrogens with zero attached hydrogens (tertiary/aromatic N) is 2. The van der Waals surface area contributed by atoms with Gasteiger partial charge in [0, 0.05) is 0 Å². The molecule has 2 aromatic heterocycles. The summed E-state index contributed by atoms with van der Waals surface area (Å²) < 4.78 is 1.46. The van der Waals surface area contributed by atoms with Crippen molar-refractivity contribution in [2.75, 3.05) is 0 Å². The first-order valence-corrected chi connectivity index (χ1v) is 7.91. The van der Waals surface area contributed by atoms with Gasteiger partial charge in [0.05, 0.1) is 17.1 Å². The predicted octanol–water partition coefficient (Wildman–Crippen LogP) is 1.40. The molecule has 0 unspecified atom stereocenters. The van der Waals surface area contributed by atoms with Gasteiger partial charge in [-0.25, -0.2) is 9.31 Å². The van der Waals surface area contributed by atoms with E-state index in [0.717, 1.165) is 0 Å². The minimum atomic E-state index is -1.10. The highest BCUT2D eigenvalue weighted by Gasteiger charge is 2.24. The minimum absolute atomic E-state index is 0.106. The molecule has 0 aliphatic rings. The van der Waals surface area contributed by atoms with Crippen molar-refractivity contribution >= 4 is 28.4 Å². The Morgan fingerprint density at radius 2 is 2.04 bits per heavy atom. The van der Waals surface area contributed by atoms with Crippen molar-refractivity contribution in [2.45, 2.75) is 26.3 Å². The molecule has 1 amide bonds. The molecule has 3 rings (SSSR count). The fraction of sp³-hybridized carbons (Fsp3) is 0.294. The molecule has 0 spiro atoms. The standard InChI is InChI=1S/C17H18N4O4/c1-9(2)7-12(17(24)25)19-16(23)11-8-18-21-13-6-4-3-5-10(13)15(22)20-14(11)21/h3-6,8-9,12H,7H2,1-2H3,(H,19,23)(H,20,22)(H,24,25)/t12-/m0/s1. The number of fused-ring (bicyclic) bond motifs is 3. The van der Waals surface area contributed by atoms with Crippen molar-refractivity contribution < 1.29 is 14.7 Å². The highest BCUT2D eigenvalue weighted by Crippen LogP contribution is 2.15. The van der Waals surface area contributed by atoms with Crippen molar-refractivity contribution in [3.8, 4) is 0 Å². The number of benzene rings is 1. The monoisotopic (exact) mass is 342 g/mol. The van der Waals surface area contributed by atoms with Crippen LogP contribution in [0.25, 0.3) is 16.6 Å². The normalized spacial score (nSPS) is 12.6. The summed E-state index contributed by atoms with van der Waals surface area (Å²) in [7, 11) is 0. The highest BCUT2D eigenvalue weighted by molar-refractivity contribution is 6.02. The van der Waals surface area contributed by atoms with Crippen LogP contribution in [0.5, 0.6) is 0 Å². The molecule has 1 aromatic carbocycles. The molecule has 1 atom stereocenters. The second-order valence-corrected chi connectivity index (χ2v) is 6.28. The molecule has 0 saturated carbocycles. The summed E-state index contributed by atoms with van der Waals surface area (Å²) in [6.07, 6.45) is 1.63. The summed E-state index contributed by atoms with van der Waals surface area (Å²) in [5.74, 6) is -1.58. The van der Waals surface area contributed by atoms with E-state index in [1.165, 1.54) is 10.7 Å². The number of hydrogen-bond donors (Lipinski definition) is 3. The van der Waals surface area contributed by atoms with Crippen LogP contribution < -0.4 is 10.9 Å². The van der Waals surface area contributed by atoms with Crippen molar-refractivity contribution in [3.63, 3.8) is 0 Å². The van der Waals surface area contributed by atoms with Gasteiger partial charge < -0.3 is 15.4 Å². The Kier molecular flexibility index (Phi) is 4.26. The zero-order valence-electron chi connectivity index (χ0n) is 13.8. The van der Waals surface area contributed by atoms with E-state index in [1.807, 2.05) is 13.8 Å². The first kappa shape index (κ1) is 16.7. The van der Waals surface area contributed by atoms with Gasteiger partial charge in [-0.05, 0) is 24.5 Å². The average molecular weight is 342 g/mol. The molecule has 0 aliphatic carbocycles. The SMILES string of the molecule is CC(C)C[C@H](NC(=O)c1cnn2c1[nH]c(=O)c1ccccc12)C(=O)O. The third-order valence-electron chi connectivity index (χ3n) is 3.93. The summed E-state index contributed by atoms with van der Waals surface area (Å²) in [6.45, 7) is 3.75. The van der Waals surface area contributed by atoms with Crippen LogP contribution in [-0.2, 0) is 4.79 Å². The van der Waals surface area contributed by atoms with E-state index < -0.39 is 17.9 Å². The van der Waals surface area contributed by atoms with E-state index in [0.29, 0.717) is 17.3 Å².